The van der Waals surface area contributed by atoms with Crippen LogP contribution in [0.1, 0.15) is 20.8 Å². The van der Waals surface area contributed by atoms with E-state index in [1.165, 1.54) is 0 Å². The molecule has 2 rings (SSSR count). The van der Waals surface area contributed by atoms with Crippen LogP contribution in [0.4, 0.5) is 0 Å². The van der Waals surface area contributed by atoms with Crippen molar-refractivity contribution >= 4 is 23.3 Å². The van der Waals surface area contributed by atoms with Gasteiger partial charge in [0.1, 0.15) is 5.75 Å². The van der Waals surface area contributed by atoms with E-state index < -0.39 is 18.5 Å². The molecular formula is C15H14O5S. The zero-order chi connectivity index (χ0) is 15.6. The molecule has 2 aromatic rings. The normalized spacial score (nSPS) is 10.4. The molecule has 0 aliphatic carbocycles. The molecule has 5 nitrogen and oxygen atoms in total. The molecule has 1 aromatic carbocycles. The minimum Gasteiger partial charge on any atom is -0.480 e. The van der Waals surface area contributed by atoms with Gasteiger partial charge >= 0.3 is 11.9 Å². The van der Waals surface area contributed by atoms with Crippen molar-refractivity contribution in [3.05, 3.63) is 40.3 Å². The first-order chi connectivity index (χ1) is 9.90. The number of thiophene rings is 1. The minimum atomic E-state index is -1.14. The summed E-state index contributed by atoms with van der Waals surface area (Å²) in [5.41, 5.74) is 2.60. The van der Waals surface area contributed by atoms with Crippen molar-refractivity contribution in [2.45, 2.75) is 13.8 Å². The number of hydrogen-bond acceptors (Lipinski definition) is 4. The average molecular weight is 306 g/mol. The number of carboxylic acid groups (broad SMARTS) is 2. The minimum absolute atomic E-state index is 0.0188. The summed E-state index contributed by atoms with van der Waals surface area (Å²) in [4.78, 5) is 22.7. The summed E-state index contributed by atoms with van der Waals surface area (Å²) in [5, 5.41) is 17.9. The van der Waals surface area contributed by atoms with E-state index >= 15 is 0 Å². The molecule has 0 amide bonds. The molecule has 0 saturated heterocycles. The fraction of sp³-hybridized carbons (Fsp3) is 0.200. The van der Waals surface area contributed by atoms with Crippen LogP contribution in [0.3, 0.4) is 0 Å². The maximum Gasteiger partial charge on any atom is 0.349 e. The van der Waals surface area contributed by atoms with Crippen molar-refractivity contribution in [2.24, 2.45) is 0 Å². The second kappa shape index (κ2) is 5.97. The van der Waals surface area contributed by atoms with Gasteiger partial charge in [-0.1, -0.05) is 29.8 Å². The molecule has 0 radical (unpaired) electrons. The third kappa shape index (κ3) is 3.22. The molecule has 2 N–H and O–H groups in total. The number of aromatic carboxylic acids is 1. The number of carbonyl (C=O) groups is 2. The summed E-state index contributed by atoms with van der Waals surface area (Å²) in [5.74, 6) is -2.14. The Kier molecular flexibility index (Phi) is 4.28. The molecule has 0 aliphatic rings. The average Bonchev–Trinajstić information content (AvgIpc) is 2.73. The van der Waals surface area contributed by atoms with Crippen LogP contribution >= 0.6 is 11.3 Å². The Morgan fingerprint density at radius 3 is 2.52 bits per heavy atom. The van der Waals surface area contributed by atoms with Gasteiger partial charge in [-0.25, -0.2) is 9.59 Å². The van der Waals surface area contributed by atoms with Gasteiger partial charge in [0.05, 0.1) is 0 Å². The molecule has 0 unspecified atom stereocenters. The van der Waals surface area contributed by atoms with Crippen LogP contribution in [0.15, 0.2) is 24.3 Å². The van der Waals surface area contributed by atoms with E-state index in [-0.39, 0.29) is 10.6 Å². The van der Waals surface area contributed by atoms with Gasteiger partial charge in [-0.3, -0.25) is 0 Å². The molecule has 0 bridgehead atoms. The van der Waals surface area contributed by atoms with Gasteiger partial charge in [0.15, 0.2) is 11.5 Å². The van der Waals surface area contributed by atoms with Gasteiger partial charge in [-0.05, 0) is 19.4 Å². The van der Waals surface area contributed by atoms with Crippen molar-refractivity contribution in [3.63, 3.8) is 0 Å². The van der Waals surface area contributed by atoms with Crippen molar-refractivity contribution in [2.75, 3.05) is 6.61 Å². The number of aliphatic carboxylic acids is 1. The van der Waals surface area contributed by atoms with Crippen molar-refractivity contribution in [3.8, 4) is 16.2 Å². The summed E-state index contributed by atoms with van der Waals surface area (Å²) in [6.07, 6.45) is 0. The monoisotopic (exact) mass is 306 g/mol. The third-order valence-corrected chi connectivity index (χ3v) is 4.22. The van der Waals surface area contributed by atoms with Crippen LogP contribution in [0, 0.1) is 13.8 Å². The number of carboxylic acids is 2. The zero-order valence-electron chi connectivity index (χ0n) is 11.5. The molecule has 6 heteroatoms. The summed E-state index contributed by atoms with van der Waals surface area (Å²) in [7, 11) is 0. The summed E-state index contributed by atoms with van der Waals surface area (Å²) in [6.45, 7) is 3.12. The van der Waals surface area contributed by atoms with E-state index in [1.54, 1.807) is 6.92 Å². The fourth-order valence-electron chi connectivity index (χ4n) is 2.01. The largest absolute Gasteiger partial charge is 0.480 e. The predicted octanol–water partition coefficient (Wildman–Crippen LogP) is 3.19. The molecule has 0 saturated carbocycles. The Morgan fingerprint density at radius 2 is 1.95 bits per heavy atom. The molecular weight excluding hydrogens is 292 g/mol. The molecule has 110 valence electrons. The van der Waals surface area contributed by atoms with Gasteiger partial charge in [-0.2, -0.15) is 0 Å². The van der Waals surface area contributed by atoms with E-state index in [0.29, 0.717) is 5.56 Å². The lowest BCUT2D eigenvalue weighted by Gasteiger charge is -2.05. The van der Waals surface area contributed by atoms with Crippen molar-refractivity contribution < 1.29 is 24.5 Å². The van der Waals surface area contributed by atoms with Crippen LogP contribution in [0.5, 0.6) is 5.75 Å². The molecule has 0 aliphatic heterocycles. The summed E-state index contributed by atoms with van der Waals surface area (Å²) in [6, 6.07) is 7.68. The smallest absolute Gasteiger partial charge is 0.349 e. The Morgan fingerprint density at radius 1 is 1.24 bits per heavy atom. The van der Waals surface area contributed by atoms with Crippen LogP contribution in [0.25, 0.3) is 10.4 Å². The quantitative estimate of drug-likeness (QED) is 0.886. The number of hydrogen-bond donors (Lipinski definition) is 2. The van der Waals surface area contributed by atoms with Crippen LogP contribution in [-0.4, -0.2) is 28.8 Å². The molecule has 1 aromatic heterocycles. The van der Waals surface area contributed by atoms with Crippen LogP contribution in [-0.2, 0) is 4.79 Å². The van der Waals surface area contributed by atoms with Gasteiger partial charge < -0.3 is 14.9 Å². The Hall–Kier alpha value is -2.34. The maximum absolute atomic E-state index is 11.3. The van der Waals surface area contributed by atoms with E-state index in [2.05, 4.69) is 0 Å². The Labute approximate surface area is 125 Å². The van der Waals surface area contributed by atoms with Crippen molar-refractivity contribution in [1.82, 2.24) is 0 Å². The van der Waals surface area contributed by atoms with E-state index in [9.17, 15) is 14.7 Å². The summed E-state index contributed by atoms with van der Waals surface area (Å²) < 4.78 is 5.15. The number of aryl methyl sites for hydroxylation is 1. The van der Waals surface area contributed by atoms with Gasteiger partial charge in [0.25, 0.3) is 0 Å². The Bertz CT molecular complexity index is 702. The molecule has 0 atom stereocenters. The lowest BCUT2D eigenvalue weighted by atomic mass is 10.1. The standard InChI is InChI=1S/C15H14O5S/c1-8-4-3-5-10(6-8)13-9(2)12(20-7-11(16)17)14(21-13)15(18)19/h3-6H,7H2,1-2H3,(H,16,17)(H,18,19). The number of rotatable bonds is 5. The summed E-state index contributed by atoms with van der Waals surface area (Å²) >= 11 is 1.09. The van der Waals surface area contributed by atoms with E-state index in [1.807, 2.05) is 31.2 Å². The number of ether oxygens (including phenoxy) is 1. The second-order valence-electron chi connectivity index (χ2n) is 4.57. The van der Waals surface area contributed by atoms with Crippen LogP contribution < -0.4 is 4.74 Å². The van der Waals surface area contributed by atoms with E-state index in [0.717, 1.165) is 27.3 Å². The van der Waals surface area contributed by atoms with Gasteiger partial charge in [-0.15, -0.1) is 11.3 Å². The highest BCUT2D eigenvalue weighted by atomic mass is 32.1. The maximum atomic E-state index is 11.3. The fourth-order valence-corrected chi connectivity index (χ4v) is 3.10. The SMILES string of the molecule is Cc1cccc(-c2sc(C(=O)O)c(OCC(=O)O)c2C)c1. The predicted molar refractivity (Wildman–Crippen MR) is 79.3 cm³/mol. The first kappa shape index (κ1) is 15.1. The molecule has 0 fully saturated rings. The lowest BCUT2D eigenvalue weighted by molar-refractivity contribution is -0.139. The molecule has 1 heterocycles. The van der Waals surface area contributed by atoms with Crippen LogP contribution in [0.2, 0.25) is 0 Å². The Balaban J connectivity index is 2.51. The zero-order valence-corrected chi connectivity index (χ0v) is 12.4. The second-order valence-corrected chi connectivity index (χ2v) is 5.59. The lowest BCUT2D eigenvalue weighted by Crippen LogP contribution is -2.11. The number of benzene rings is 1. The third-order valence-electron chi connectivity index (χ3n) is 2.91. The van der Waals surface area contributed by atoms with Crippen molar-refractivity contribution in [1.29, 1.82) is 0 Å². The molecule has 21 heavy (non-hydrogen) atoms. The highest BCUT2D eigenvalue weighted by Gasteiger charge is 2.23. The van der Waals surface area contributed by atoms with Gasteiger partial charge in [0.2, 0.25) is 0 Å². The molecule has 0 spiro atoms. The highest BCUT2D eigenvalue weighted by Crippen LogP contribution is 2.41. The first-order valence-corrected chi connectivity index (χ1v) is 7.00. The topological polar surface area (TPSA) is 83.8 Å². The first-order valence-electron chi connectivity index (χ1n) is 6.18. The van der Waals surface area contributed by atoms with E-state index in [4.69, 9.17) is 9.84 Å². The highest BCUT2D eigenvalue weighted by molar-refractivity contribution is 7.18. The van der Waals surface area contributed by atoms with Gasteiger partial charge in [0, 0.05) is 10.4 Å².